The van der Waals surface area contributed by atoms with Crippen molar-refractivity contribution < 1.29 is 14.0 Å². The minimum Gasteiger partial charge on any atom is -0.496 e. The van der Waals surface area contributed by atoms with E-state index in [1.54, 1.807) is 7.11 Å². The van der Waals surface area contributed by atoms with Crippen LogP contribution in [-0.4, -0.2) is 30.0 Å². The first-order valence-corrected chi connectivity index (χ1v) is 7.84. The van der Waals surface area contributed by atoms with E-state index in [0.717, 1.165) is 23.5 Å². The molecule has 0 bridgehead atoms. The van der Waals surface area contributed by atoms with Crippen molar-refractivity contribution in [3.05, 3.63) is 17.3 Å². The monoisotopic (exact) mass is 309 g/mol. The van der Waals surface area contributed by atoms with Crippen molar-refractivity contribution in [1.29, 1.82) is 0 Å². The number of ether oxygens (including phenoxy) is 2. The Balaban J connectivity index is 1.70. The van der Waals surface area contributed by atoms with Crippen LogP contribution in [0.5, 0.6) is 5.75 Å². The minimum atomic E-state index is -0.751. The molecule has 1 aliphatic rings. The average molecular weight is 309 g/mol. The van der Waals surface area contributed by atoms with E-state index >= 15 is 0 Å². The molecule has 0 aliphatic heterocycles. The molecule has 0 radical (unpaired) electrons. The first kappa shape index (κ1) is 14.5. The van der Waals surface area contributed by atoms with Crippen molar-refractivity contribution in [1.82, 2.24) is 10.1 Å². The number of aromatic nitrogens is 2. The molecule has 1 aliphatic carbocycles. The van der Waals surface area contributed by atoms with Crippen molar-refractivity contribution in [3.63, 3.8) is 0 Å². The smallest absolute Gasteiger partial charge is 0.268 e. The Morgan fingerprint density at radius 1 is 1.52 bits per heavy atom. The Labute approximate surface area is 127 Å². The Bertz CT molecular complexity index is 604. The maximum absolute atomic E-state index is 6.26. The van der Waals surface area contributed by atoms with Gasteiger partial charge in [-0.05, 0) is 26.2 Å². The second kappa shape index (κ2) is 5.75. The summed E-state index contributed by atoms with van der Waals surface area (Å²) in [5.41, 5.74) is 5.51. The summed E-state index contributed by atoms with van der Waals surface area (Å²) in [4.78, 5) is 5.26. The zero-order valence-electron chi connectivity index (χ0n) is 12.2. The maximum Gasteiger partial charge on any atom is 0.268 e. The van der Waals surface area contributed by atoms with Crippen LogP contribution in [0.25, 0.3) is 10.8 Å². The molecule has 3 rings (SSSR count). The van der Waals surface area contributed by atoms with E-state index in [-0.39, 0.29) is 0 Å². The molecular weight excluding hydrogens is 290 g/mol. The molecule has 0 spiro atoms. The van der Waals surface area contributed by atoms with Gasteiger partial charge < -0.3 is 19.7 Å². The molecule has 1 fully saturated rings. The standard InChI is InChI=1S/C14H19N3O3S/c1-14(15,8-19-9-4-3-5-9)13-16-12(20-17-13)11-6-10(18-2)7-21-11/h6-7,9H,3-5,8,15H2,1-2H3. The van der Waals surface area contributed by atoms with Gasteiger partial charge in [-0.2, -0.15) is 4.98 Å². The number of hydrogen-bond acceptors (Lipinski definition) is 7. The molecule has 2 heterocycles. The topological polar surface area (TPSA) is 83.4 Å². The molecule has 7 heteroatoms. The first-order valence-electron chi connectivity index (χ1n) is 6.96. The molecule has 0 aromatic carbocycles. The highest BCUT2D eigenvalue weighted by Crippen LogP contribution is 2.31. The van der Waals surface area contributed by atoms with Crippen LogP contribution in [0.1, 0.15) is 32.0 Å². The first-order chi connectivity index (χ1) is 10.1. The van der Waals surface area contributed by atoms with Crippen LogP contribution in [0.15, 0.2) is 16.0 Å². The average Bonchev–Trinajstić information content (AvgIpc) is 3.05. The van der Waals surface area contributed by atoms with E-state index in [0.29, 0.717) is 24.4 Å². The third-order valence-electron chi connectivity index (χ3n) is 3.63. The number of nitrogens with two attached hydrogens (primary N) is 1. The molecule has 2 N–H and O–H groups in total. The van der Waals surface area contributed by atoms with E-state index in [9.17, 15) is 0 Å². The van der Waals surface area contributed by atoms with Gasteiger partial charge in [0.05, 0.1) is 24.7 Å². The second-order valence-corrected chi connectivity index (χ2v) is 6.47. The SMILES string of the molecule is COc1csc(-c2nc(C(C)(N)COC3CCC3)no2)c1. The predicted octanol–water partition coefficient (Wildman–Crippen LogP) is 2.55. The molecule has 6 nitrogen and oxygen atoms in total. The maximum atomic E-state index is 6.26. The normalized spacial score (nSPS) is 18.2. The van der Waals surface area contributed by atoms with Gasteiger partial charge >= 0.3 is 0 Å². The van der Waals surface area contributed by atoms with Gasteiger partial charge in [0.2, 0.25) is 0 Å². The van der Waals surface area contributed by atoms with Gasteiger partial charge in [-0.1, -0.05) is 5.16 Å². The fraction of sp³-hybridized carbons (Fsp3) is 0.571. The second-order valence-electron chi connectivity index (χ2n) is 5.56. The van der Waals surface area contributed by atoms with Crippen LogP contribution in [-0.2, 0) is 10.3 Å². The number of nitrogens with zero attached hydrogens (tertiary/aromatic N) is 2. The number of rotatable bonds is 6. The highest BCUT2D eigenvalue weighted by Gasteiger charge is 2.31. The number of methoxy groups -OCH3 is 1. The largest absolute Gasteiger partial charge is 0.496 e. The van der Waals surface area contributed by atoms with Gasteiger partial charge in [-0.3, -0.25) is 0 Å². The van der Waals surface area contributed by atoms with Crippen LogP contribution < -0.4 is 10.5 Å². The molecular formula is C14H19N3O3S. The summed E-state index contributed by atoms with van der Waals surface area (Å²) in [6.45, 7) is 2.25. The molecule has 2 aromatic heterocycles. The van der Waals surface area contributed by atoms with E-state index in [4.69, 9.17) is 19.7 Å². The van der Waals surface area contributed by atoms with E-state index in [2.05, 4.69) is 10.1 Å². The molecule has 0 amide bonds. The fourth-order valence-corrected chi connectivity index (χ4v) is 2.76. The van der Waals surface area contributed by atoms with Crippen molar-refractivity contribution in [3.8, 4) is 16.5 Å². The van der Waals surface area contributed by atoms with Gasteiger partial charge in [0.15, 0.2) is 5.82 Å². The fourth-order valence-electron chi connectivity index (χ4n) is 1.99. The number of thiophene rings is 1. The molecule has 1 unspecified atom stereocenters. The van der Waals surface area contributed by atoms with Gasteiger partial charge in [0.1, 0.15) is 11.3 Å². The molecule has 114 valence electrons. The van der Waals surface area contributed by atoms with Crippen LogP contribution in [0.2, 0.25) is 0 Å². The summed E-state index contributed by atoms with van der Waals surface area (Å²) in [6, 6.07) is 1.86. The van der Waals surface area contributed by atoms with E-state index < -0.39 is 5.54 Å². The lowest BCUT2D eigenvalue weighted by Crippen LogP contribution is -2.41. The quantitative estimate of drug-likeness (QED) is 0.883. The van der Waals surface area contributed by atoms with E-state index in [1.807, 2.05) is 18.4 Å². The van der Waals surface area contributed by atoms with E-state index in [1.165, 1.54) is 17.8 Å². The Hall–Kier alpha value is -1.44. The van der Waals surface area contributed by atoms with Crippen LogP contribution in [0.4, 0.5) is 0 Å². The highest BCUT2D eigenvalue weighted by atomic mass is 32.1. The van der Waals surface area contributed by atoms with Crippen LogP contribution in [0, 0.1) is 0 Å². The molecule has 1 atom stereocenters. The molecule has 2 aromatic rings. The summed E-state index contributed by atoms with van der Waals surface area (Å²) in [5.74, 6) is 1.70. The highest BCUT2D eigenvalue weighted by molar-refractivity contribution is 7.13. The summed E-state index contributed by atoms with van der Waals surface area (Å²) in [6.07, 6.45) is 3.80. The zero-order valence-corrected chi connectivity index (χ0v) is 13.0. The number of hydrogen-bond donors (Lipinski definition) is 1. The van der Waals surface area contributed by atoms with Crippen LogP contribution in [0.3, 0.4) is 0 Å². The lowest BCUT2D eigenvalue weighted by atomic mass is 9.95. The lowest BCUT2D eigenvalue weighted by molar-refractivity contribution is -0.0222. The molecule has 21 heavy (non-hydrogen) atoms. The van der Waals surface area contributed by atoms with Crippen molar-refractivity contribution in [2.24, 2.45) is 5.73 Å². The van der Waals surface area contributed by atoms with Crippen molar-refractivity contribution in [2.75, 3.05) is 13.7 Å². The van der Waals surface area contributed by atoms with Crippen molar-refractivity contribution >= 4 is 11.3 Å². The van der Waals surface area contributed by atoms with Crippen molar-refractivity contribution in [2.45, 2.75) is 37.8 Å². The predicted molar refractivity (Wildman–Crippen MR) is 79.3 cm³/mol. The molecule has 0 saturated heterocycles. The lowest BCUT2D eigenvalue weighted by Gasteiger charge is -2.29. The van der Waals surface area contributed by atoms with Gasteiger partial charge in [-0.25, -0.2) is 0 Å². The summed E-state index contributed by atoms with van der Waals surface area (Å²) < 4.78 is 16.2. The van der Waals surface area contributed by atoms with Gasteiger partial charge in [0.25, 0.3) is 5.89 Å². The summed E-state index contributed by atoms with van der Waals surface area (Å²) in [7, 11) is 1.62. The molecule has 1 saturated carbocycles. The third-order valence-corrected chi connectivity index (χ3v) is 4.53. The minimum absolute atomic E-state index is 0.334. The van der Waals surface area contributed by atoms with Gasteiger partial charge in [0, 0.05) is 11.4 Å². The van der Waals surface area contributed by atoms with Gasteiger partial charge in [-0.15, -0.1) is 11.3 Å². The Morgan fingerprint density at radius 3 is 2.95 bits per heavy atom. The summed E-state index contributed by atoms with van der Waals surface area (Å²) in [5, 5.41) is 5.89. The van der Waals surface area contributed by atoms with Crippen LogP contribution >= 0.6 is 11.3 Å². The third kappa shape index (κ3) is 3.09. The Kier molecular flexibility index (Phi) is 3.97. The summed E-state index contributed by atoms with van der Waals surface area (Å²) >= 11 is 1.49. The Morgan fingerprint density at radius 2 is 2.33 bits per heavy atom. The zero-order chi connectivity index (χ0) is 14.9.